The summed E-state index contributed by atoms with van der Waals surface area (Å²) in [5.74, 6) is 0.772. The van der Waals surface area contributed by atoms with Gasteiger partial charge >= 0.3 is 0 Å². The average molecular weight is 295 g/mol. The zero-order valence-electron chi connectivity index (χ0n) is 9.11. The Morgan fingerprint density at radius 2 is 2.12 bits per heavy atom. The van der Waals surface area contributed by atoms with Crippen molar-refractivity contribution in [1.29, 1.82) is 0 Å². The maximum Gasteiger partial charge on any atom is 0.173 e. The van der Waals surface area contributed by atoms with Crippen LogP contribution in [0.3, 0.4) is 0 Å². The van der Waals surface area contributed by atoms with E-state index >= 15 is 0 Å². The van der Waals surface area contributed by atoms with Gasteiger partial charge in [-0.3, -0.25) is 9.59 Å². The summed E-state index contributed by atoms with van der Waals surface area (Å²) >= 11 is 3.35. The third kappa shape index (κ3) is 1.80. The van der Waals surface area contributed by atoms with E-state index in [0.29, 0.717) is 30.6 Å². The number of ether oxygens (including phenoxy) is 1. The van der Waals surface area contributed by atoms with Gasteiger partial charge in [0.2, 0.25) is 0 Å². The van der Waals surface area contributed by atoms with Gasteiger partial charge in [-0.2, -0.15) is 0 Å². The molecule has 0 bridgehead atoms. The third-order valence-electron chi connectivity index (χ3n) is 3.43. The summed E-state index contributed by atoms with van der Waals surface area (Å²) in [7, 11) is 0. The van der Waals surface area contributed by atoms with Crippen molar-refractivity contribution in [1.82, 2.24) is 0 Å². The second-order valence-corrected chi connectivity index (χ2v) is 5.46. The largest absolute Gasteiger partial charge is 0.488 e. The first-order chi connectivity index (χ1) is 8.15. The fraction of sp³-hybridized carbons (Fsp3) is 0.385. The lowest BCUT2D eigenvalue weighted by atomic mass is 9.79. The summed E-state index contributed by atoms with van der Waals surface area (Å²) in [5.41, 5.74) is 0.634. The second-order valence-electron chi connectivity index (χ2n) is 4.55. The Labute approximate surface area is 107 Å². The molecule has 1 aliphatic carbocycles. The number of carbonyl (C=O) groups excluding carboxylic acids is 2. The Morgan fingerprint density at radius 3 is 2.94 bits per heavy atom. The molecule has 1 saturated carbocycles. The molecule has 2 atom stereocenters. The van der Waals surface area contributed by atoms with Gasteiger partial charge in [0.15, 0.2) is 5.78 Å². The second kappa shape index (κ2) is 3.95. The normalized spacial score (nSPS) is 27.1. The minimum atomic E-state index is -0.252. The molecule has 0 aromatic heterocycles. The van der Waals surface area contributed by atoms with Crippen LogP contribution in [0.15, 0.2) is 22.7 Å². The van der Waals surface area contributed by atoms with Crippen LogP contribution in [0.5, 0.6) is 5.75 Å². The quantitative estimate of drug-likeness (QED) is 0.739. The van der Waals surface area contributed by atoms with E-state index in [1.54, 1.807) is 12.1 Å². The summed E-state index contributed by atoms with van der Waals surface area (Å²) < 4.78 is 6.64. The minimum absolute atomic E-state index is 0.116. The van der Waals surface area contributed by atoms with Crippen molar-refractivity contribution in [3.05, 3.63) is 28.2 Å². The van der Waals surface area contributed by atoms with Crippen molar-refractivity contribution in [2.24, 2.45) is 5.92 Å². The topological polar surface area (TPSA) is 43.4 Å². The smallest absolute Gasteiger partial charge is 0.173 e. The Kier molecular flexibility index (Phi) is 2.54. The van der Waals surface area contributed by atoms with Gasteiger partial charge < -0.3 is 4.74 Å². The first kappa shape index (κ1) is 11.0. The first-order valence-electron chi connectivity index (χ1n) is 5.67. The van der Waals surface area contributed by atoms with Gasteiger partial charge in [0.05, 0.1) is 11.5 Å². The van der Waals surface area contributed by atoms with Crippen molar-refractivity contribution in [2.75, 3.05) is 0 Å². The summed E-state index contributed by atoms with van der Waals surface area (Å²) in [6, 6.07) is 5.42. The molecule has 1 aromatic rings. The van der Waals surface area contributed by atoms with E-state index in [9.17, 15) is 9.59 Å². The van der Waals surface area contributed by atoms with E-state index in [2.05, 4.69) is 15.9 Å². The molecule has 0 radical (unpaired) electrons. The molecule has 0 amide bonds. The highest BCUT2D eigenvalue weighted by molar-refractivity contribution is 9.10. The van der Waals surface area contributed by atoms with Gasteiger partial charge in [0, 0.05) is 17.3 Å². The Hall–Kier alpha value is -1.16. The lowest BCUT2D eigenvalue weighted by Gasteiger charge is -2.35. The van der Waals surface area contributed by atoms with Crippen LogP contribution in [0, 0.1) is 5.92 Å². The van der Waals surface area contributed by atoms with E-state index in [4.69, 9.17) is 4.74 Å². The van der Waals surface area contributed by atoms with Crippen molar-refractivity contribution in [3.63, 3.8) is 0 Å². The standard InChI is InChI=1S/C13H11BrO3/c14-7-1-4-11-10(5-7)13(16)9-3-2-8(15)6-12(9)17-11/h1,4-5,9,12H,2-3,6H2/t9-,12+/m1/s1. The minimum Gasteiger partial charge on any atom is -0.488 e. The number of Topliss-reactive ketones (excluding diaryl/α,β-unsaturated/α-hetero) is 2. The van der Waals surface area contributed by atoms with E-state index in [0.717, 1.165) is 4.47 Å². The lowest BCUT2D eigenvalue weighted by Crippen LogP contribution is -2.42. The van der Waals surface area contributed by atoms with Crippen LogP contribution in [-0.4, -0.2) is 17.7 Å². The summed E-state index contributed by atoms with van der Waals surface area (Å²) in [6.45, 7) is 0. The molecule has 0 spiro atoms. The van der Waals surface area contributed by atoms with E-state index in [1.165, 1.54) is 0 Å². The highest BCUT2D eigenvalue weighted by Crippen LogP contribution is 2.38. The van der Waals surface area contributed by atoms with Crippen LogP contribution >= 0.6 is 15.9 Å². The fourth-order valence-corrected chi connectivity index (χ4v) is 2.92. The van der Waals surface area contributed by atoms with E-state index in [1.807, 2.05) is 6.07 Å². The van der Waals surface area contributed by atoms with Crippen molar-refractivity contribution < 1.29 is 14.3 Å². The summed E-state index contributed by atoms with van der Waals surface area (Å²) in [6.07, 6.45) is 1.23. The molecule has 2 aliphatic rings. The number of fused-ring (bicyclic) bond motifs is 2. The van der Waals surface area contributed by atoms with Crippen LogP contribution in [0.4, 0.5) is 0 Å². The zero-order chi connectivity index (χ0) is 12.0. The van der Waals surface area contributed by atoms with Gasteiger partial charge in [-0.05, 0) is 24.6 Å². The molecule has 1 aromatic carbocycles. The van der Waals surface area contributed by atoms with Gasteiger partial charge in [-0.1, -0.05) is 15.9 Å². The van der Waals surface area contributed by atoms with Crippen molar-refractivity contribution >= 4 is 27.5 Å². The predicted octanol–water partition coefficient (Wildman–Crippen LogP) is 2.76. The number of benzene rings is 1. The molecule has 1 fully saturated rings. The molecule has 1 aliphatic heterocycles. The SMILES string of the molecule is O=C1CC[C@H]2C(=O)c3cc(Br)ccc3O[C@H]2C1. The zero-order valence-corrected chi connectivity index (χ0v) is 10.7. The molecule has 0 saturated heterocycles. The molecular formula is C13H11BrO3. The van der Waals surface area contributed by atoms with Crippen molar-refractivity contribution in [3.8, 4) is 5.75 Å². The molecule has 0 N–H and O–H groups in total. The maximum atomic E-state index is 12.3. The van der Waals surface area contributed by atoms with Crippen LogP contribution in [-0.2, 0) is 4.79 Å². The molecule has 3 nitrogen and oxygen atoms in total. The Bertz CT molecular complexity index is 509. The monoisotopic (exact) mass is 294 g/mol. The maximum absolute atomic E-state index is 12.3. The molecular weight excluding hydrogens is 284 g/mol. The van der Waals surface area contributed by atoms with Gasteiger partial charge in [-0.15, -0.1) is 0 Å². The number of halogens is 1. The summed E-state index contributed by atoms with van der Waals surface area (Å²) in [5, 5.41) is 0. The van der Waals surface area contributed by atoms with Crippen LogP contribution in [0.1, 0.15) is 29.6 Å². The van der Waals surface area contributed by atoms with E-state index in [-0.39, 0.29) is 23.6 Å². The highest BCUT2D eigenvalue weighted by atomic mass is 79.9. The highest BCUT2D eigenvalue weighted by Gasteiger charge is 2.40. The molecule has 4 heteroatoms. The first-order valence-corrected chi connectivity index (χ1v) is 6.46. The lowest BCUT2D eigenvalue weighted by molar-refractivity contribution is -0.123. The van der Waals surface area contributed by atoms with Crippen LogP contribution in [0.25, 0.3) is 0 Å². The molecule has 3 rings (SSSR count). The average Bonchev–Trinajstić information content (AvgIpc) is 2.30. The van der Waals surface area contributed by atoms with Gasteiger partial charge in [0.25, 0.3) is 0 Å². The Morgan fingerprint density at radius 1 is 1.29 bits per heavy atom. The van der Waals surface area contributed by atoms with Crippen molar-refractivity contribution in [2.45, 2.75) is 25.4 Å². The number of hydrogen-bond donors (Lipinski definition) is 0. The summed E-state index contributed by atoms with van der Waals surface area (Å²) in [4.78, 5) is 23.7. The number of hydrogen-bond acceptors (Lipinski definition) is 3. The predicted molar refractivity (Wildman–Crippen MR) is 65.2 cm³/mol. The number of ketones is 2. The van der Waals surface area contributed by atoms with Gasteiger partial charge in [0.1, 0.15) is 17.6 Å². The van der Waals surface area contributed by atoms with Gasteiger partial charge in [-0.25, -0.2) is 0 Å². The Balaban J connectivity index is 2.02. The fourth-order valence-electron chi connectivity index (χ4n) is 2.56. The van der Waals surface area contributed by atoms with Crippen LogP contribution in [0.2, 0.25) is 0 Å². The molecule has 1 heterocycles. The molecule has 0 unspecified atom stereocenters. The van der Waals surface area contributed by atoms with Crippen LogP contribution < -0.4 is 4.74 Å². The van der Waals surface area contributed by atoms with E-state index < -0.39 is 0 Å². The number of rotatable bonds is 0. The third-order valence-corrected chi connectivity index (χ3v) is 3.93. The molecule has 17 heavy (non-hydrogen) atoms. The molecule has 88 valence electrons. The number of carbonyl (C=O) groups is 2.